The third-order valence-corrected chi connectivity index (χ3v) is 3.55. The van der Waals surface area contributed by atoms with Gasteiger partial charge in [0.1, 0.15) is 5.82 Å². The van der Waals surface area contributed by atoms with Crippen molar-refractivity contribution in [2.45, 2.75) is 19.6 Å². The zero-order valence-electron chi connectivity index (χ0n) is 8.75. The fraction of sp³-hybridized carbons (Fsp3) is 0.455. The molecule has 4 heteroatoms. The first-order valence-corrected chi connectivity index (χ1v) is 5.68. The van der Waals surface area contributed by atoms with Crippen LogP contribution < -0.4 is 0 Å². The summed E-state index contributed by atoms with van der Waals surface area (Å²) in [5, 5.41) is 0. The predicted molar refractivity (Wildman–Crippen MR) is 58.2 cm³/mol. The van der Waals surface area contributed by atoms with Gasteiger partial charge < -0.3 is 9.47 Å². The molecule has 0 aliphatic carbocycles. The third kappa shape index (κ3) is 1.97. The maximum atomic E-state index is 13.6. The molecule has 1 aromatic heterocycles. The van der Waals surface area contributed by atoms with Crippen molar-refractivity contribution >= 4 is 17.4 Å². The van der Waals surface area contributed by atoms with E-state index in [0.717, 1.165) is 4.88 Å². The van der Waals surface area contributed by atoms with Crippen LogP contribution in [0.4, 0.5) is 4.39 Å². The fourth-order valence-corrected chi connectivity index (χ4v) is 2.65. The molecule has 1 aliphatic rings. The lowest BCUT2D eigenvalue weighted by molar-refractivity contribution is -0.148. The maximum absolute atomic E-state index is 13.6. The average Bonchev–Trinajstić information content (AvgIpc) is 2.75. The van der Waals surface area contributed by atoms with Gasteiger partial charge in [0.2, 0.25) is 5.79 Å². The van der Waals surface area contributed by atoms with Crippen LogP contribution in [0.2, 0.25) is 0 Å². The standard InChI is InChI=1S/C11H13FO2S/c1-3-4-8-7-9(12)10(15-8)11(2)13-5-6-14-11/h3-4,7H,5-6H2,1-2H3/b4-3+. The third-order valence-electron chi connectivity index (χ3n) is 2.29. The Morgan fingerprint density at radius 2 is 2.13 bits per heavy atom. The lowest BCUT2D eigenvalue weighted by Crippen LogP contribution is -2.21. The second-order valence-corrected chi connectivity index (χ2v) is 4.55. The van der Waals surface area contributed by atoms with E-state index in [4.69, 9.17) is 9.47 Å². The number of allylic oxidation sites excluding steroid dienone is 1. The van der Waals surface area contributed by atoms with Crippen LogP contribution in [-0.4, -0.2) is 13.2 Å². The van der Waals surface area contributed by atoms with E-state index in [1.54, 1.807) is 6.92 Å². The van der Waals surface area contributed by atoms with E-state index in [9.17, 15) is 4.39 Å². The molecule has 2 nitrogen and oxygen atoms in total. The van der Waals surface area contributed by atoms with Gasteiger partial charge in [0.15, 0.2) is 0 Å². The van der Waals surface area contributed by atoms with Crippen molar-refractivity contribution in [1.29, 1.82) is 0 Å². The quantitative estimate of drug-likeness (QED) is 0.774. The van der Waals surface area contributed by atoms with E-state index in [2.05, 4.69) is 0 Å². The Balaban J connectivity index is 2.35. The molecule has 0 amide bonds. The smallest absolute Gasteiger partial charge is 0.204 e. The van der Waals surface area contributed by atoms with E-state index < -0.39 is 5.79 Å². The summed E-state index contributed by atoms with van der Waals surface area (Å²) in [6.45, 7) is 4.70. The molecule has 0 N–H and O–H groups in total. The summed E-state index contributed by atoms with van der Waals surface area (Å²) in [5.41, 5.74) is 0. The van der Waals surface area contributed by atoms with Crippen molar-refractivity contribution in [3.05, 3.63) is 27.7 Å². The SMILES string of the molecule is C/C=C/c1cc(F)c(C2(C)OCCO2)s1. The predicted octanol–water partition coefficient (Wildman–Crippen LogP) is 3.14. The molecular weight excluding hydrogens is 215 g/mol. The van der Waals surface area contributed by atoms with Crippen molar-refractivity contribution in [2.75, 3.05) is 13.2 Å². The number of thiophene rings is 1. The van der Waals surface area contributed by atoms with Crippen molar-refractivity contribution in [3.8, 4) is 0 Å². The molecule has 1 aliphatic heterocycles. The summed E-state index contributed by atoms with van der Waals surface area (Å²) < 4.78 is 24.5. The van der Waals surface area contributed by atoms with E-state index in [1.807, 2.05) is 19.1 Å². The Morgan fingerprint density at radius 1 is 1.47 bits per heavy atom. The van der Waals surface area contributed by atoms with Crippen LogP contribution in [0.3, 0.4) is 0 Å². The second-order valence-electron chi connectivity index (χ2n) is 3.47. The number of hydrogen-bond donors (Lipinski definition) is 0. The van der Waals surface area contributed by atoms with Gasteiger partial charge in [-0.25, -0.2) is 4.39 Å². The largest absolute Gasteiger partial charge is 0.343 e. The van der Waals surface area contributed by atoms with Gasteiger partial charge in [0, 0.05) is 4.88 Å². The van der Waals surface area contributed by atoms with Gasteiger partial charge in [-0.3, -0.25) is 0 Å². The number of halogens is 1. The number of rotatable bonds is 2. The number of ether oxygens (including phenoxy) is 2. The maximum Gasteiger partial charge on any atom is 0.204 e. The van der Waals surface area contributed by atoms with Gasteiger partial charge in [0.05, 0.1) is 18.1 Å². The molecule has 0 bridgehead atoms. The van der Waals surface area contributed by atoms with Crippen LogP contribution in [0, 0.1) is 5.82 Å². The van der Waals surface area contributed by atoms with Crippen LogP contribution in [-0.2, 0) is 15.3 Å². The molecule has 1 fully saturated rings. The molecule has 0 atom stereocenters. The monoisotopic (exact) mass is 228 g/mol. The molecule has 0 spiro atoms. The summed E-state index contributed by atoms with van der Waals surface area (Å²) in [6, 6.07) is 1.51. The van der Waals surface area contributed by atoms with E-state index in [-0.39, 0.29) is 5.82 Å². The van der Waals surface area contributed by atoms with E-state index in [1.165, 1.54) is 17.4 Å². The summed E-state index contributed by atoms with van der Waals surface area (Å²) in [5.74, 6) is -1.15. The topological polar surface area (TPSA) is 18.5 Å². The zero-order valence-corrected chi connectivity index (χ0v) is 9.57. The fourth-order valence-electron chi connectivity index (χ4n) is 1.59. The molecule has 0 saturated carbocycles. The van der Waals surface area contributed by atoms with Crippen molar-refractivity contribution in [1.82, 2.24) is 0 Å². The lowest BCUT2D eigenvalue weighted by Gasteiger charge is -2.20. The molecule has 0 aromatic carbocycles. The summed E-state index contributed by atoms with van der Waals surface area (Å²) in [4.78, 5) is 1.40. The lowest BCUT2D eigenvalue weighted by atomic mass is 10.2. The highest BCUT2D eigenvalue weighted by molar-refractivity contribution is 7.13. The Kier molecular flexibility index (Phi) is 2.91. The molecule has 1 saturated heterocycles. The first-order chi connectivity index (χ1) is 7.15. The highest BCUT2D eigenvalue weighted by Gasteiger charge is 2.37. The normalized spacial score (nSPS) is 20.2. The van der Waals surface area contributed by atoms with Crippen LogP contribution in [0.25, 0.3) is 6.08 Å². The van der Waals surface area contributed by atoms with E-state index in [0.29, 0.717) is 18.1 Å². The summed E-state index contributed by atoms with van der Waals surface area (Å²) in [6.07, 6.45) is 3.75. The number of hydrogen-bond acceptors (Lipinski definition) is 3. The average molecular weight is 228 g/mol. The van der Waals surface area contributed by atoms with Crippen LogP contribution >= 0.6 is 11.3 Å². The molecule has 2 heterocycles. The molecule has 0 unspecified atom stereocenters. The molecule has 15 heavy (non-hydrogen) atoms. The van der Waals surface area contributed by atoms with E-state index >= 15 is 0 Å². The second kappa shape index (κ2) is 4.04. The van der Waals surface area contributed by atoms with Gasteiger partial charge in [-0.05, 0) is 26.0 Å². The minimum atomic E-state index is -0.894. The summed E-state index contributed by atoms with van der Waals surface area (Å²) >= 11 is 1.37. The molecule has 0 radical (unpaired) electrons. The van der Waals surface area contributed by atoms with Crippen molar-refractivity contribution < 1.29 is 13.9 Å². The van der Waals surface area contributed by atoms with Crippen molar-refractivity contribution in [3.63, 3.8) is 0 Å². The highest BCUT2D eigenvalue weighted by atomic mass is 32.1. The van der Waals surface area contributed by atoms with Crippen molar-refractivity contribution in [2.24, 2.45) is 0 Å². The van der Waals surface area contributed by atoms with Gasteiger partial charge in [-0.2, -0.15) is 0 Å². The molecular formula is C11H13FO2S. The van der Waals surface area contributed by atoms with Crippen LogP contribution in [0.15, 0.2) is 12.1 Å². The Morgan fingerprint density at radius 3 is 2.73 bits per heavy atom. The van der Waals surface area contributed by atoms with Crippen LogP contribution in [0.5, 0.6) is 0 Å². The van der Waals surface area contributed by atoms with Gasteiger partial charge in [-0.15, -0.1) is 11.3 Å². The minimum Gasteiger partial charge on any atom is -0.343 e. The minimum absolute atomic E-state index is 0.252. The summed E-state index contributed by atoms with van der Waals surface area (Å²) in [7, 11) is 0. The Labute approximate surface area is 92.3 Å². The molecule has 2 rings (SSSR count). The highest BCUT2D eigenvalue weighted by Crippen LogP contribution is 2.38. The first kappa shape index (κ1) is 10.8. The van der Waals surface area contributed by atoms with Gasteiger partial charge >= 0.3 is 0 Å². The van der Waals surface area contributed by atoms with Gasteiger partial charge in [-0.1, -0.05) is 6.08 Å². The van der Waals surface area contributed by atoms with Crippen LogP contribution in [0.1, 0.15) is 23.6 Å². The Hall–Kier alpha value is -0.710. The Bertz CT molecular complexity index is 378. The first-order valence-electron chi connectivity index (χ1n) is 4.86. The molecule has 1 aromatic rings. The van der Waals surface area contributed by atoms with Gasteiger partial charge in [0.25, 0.3) is 0 Å². The molecule has 82 valence electrons. The zero-order chi connectivity index (χ0) is 10.9.